The molecular weight excluding hydrogens is 257 g/mol. The molecule has 2 aromatic rings. The smallest absolute Gasteiger partial charge is 0.140 e. The van der Waals surface area contributed by atoms with Crippen molar-refractivity contribution in [2.24, 2.45) is 0 Å². The van der Waals surface area contributed by atoms with Gasteiger partial charge in [-0.1, -0.05) is 0 Å². The largest absolute Gasteiger partial charge is 0.381 e. The number of hydrogen-bond acceptors (Lipinski definition) is 3. The van der Waals surface area contributed by atoms with E-state index in [1.54, 1.807) is 6.07 Å². The molecule has 0 aliphatic carbocycles. The average Bonchev–Trinajstić information content (AvgIpc) is 2.92. The highest BCUT2D eigenvalue weighted by Gasteiger charge is 2.27. The Labute approximate surface area is 116 Å². The minimum Gasteiger partial charge on any atom is -0.381 e. The van der Waals surface area contributed by atoms with Crippen molar-refractivity contribution in [2.75, 3.05) is 13.2 Å². The van der Waals surface area contributed by atoms with Crippen molar-refractivity contribution in [3.05, 3.63) is 41.2 Å². The third-order valence-corrected chi connectivity index (χ3v) is 4.24. The normalized spacial score (nSPS) is 18.6. The number of fused-ring (bicyclic) bond motifs is 3. The number of ether oxygens (including phenoxy) is 1. The third-order valence-electron chi connectivity index (χ3n) is 4.24. The Hall–Kier alpha value is -1.75. The molecule has 2 aliphatic rings. The number of aryl methyl sites for hydroxylation is 2. The molecule has 5 heteroatoms. The fourth-order valence-electron chi connectivity index (χ4n) is 3.19. The Kier molecular flexibility index (Phi) is 2.80. The van der Waals surface area contributed by atoms with Gasteiger partial charge in [0.2, 0.25) is 0 Å². The van der Waals surface area contributed by atoms with Crippen molar-refractivity contribution < 1.29 is 9.13 Å². The van der Waals surface area contributed by atoms with Gasteiger partial charge in [-0.25, -0.2) is 4.39 Å². The van der Waals surface area contributed by atoms with Crippen molar-refractivity contribution in [1.29, 1.82) is 0 Å². The highest BCUT2D eigenvalue weighted by atomic mass is 19.1. The molecule has 0 unspecified atom stereocenters. The van der Waals surface area contributed by atoms with Gasteiger partial charge in [0.05, 0.1) is 5.69 Å². The first-order valence-electron chi connectivity index (χ1n) is 7.13. The molecule has 0 amide bonds. The van der Waals surface area contributed by atoms with Crippen molar-refractivity contribution in [1.82, 2.24) is 14.8 Å². The SMILES string of the molecule is Fc1ccc2c(c1)CCc1nnc(C3CCOCC3)n1-2. The van der Waals surface area contributed by atoms with Gasteiger partial charge in [0, 0.05) is 25.6 Å². The van der Waals surface area contributed by atoms with Gasteiger partial charge >= 0.3 is 0 Å². The molecule has 0 bridgehead atoms. The average molecular weight is 273 g/mol. The zero-order valence-corrected chi connectivity index (χ0v) is 11.2. The lowest BCUT2D eigenvalue weighted by molar-refractivity contribution is 0.0832. The van der Waals surface area contributed by atoms with E-state index in [2.05, 4.69) is 14.8 Å². The van der Waals surface area contributed by atoms with Crippen LogP contribution in [0.1, 0.15) is 36.0 Å². The van der Waals surface area contributed by atoms with Gasteiger partial charge in [-0.05, 0) is 43.0 Å². The first-order chi connectivity index (χ1) is 9.83. The lowest BCUT2D eigenvalue weighted by Gasteiger charge is -2.25. The number of benzene rings is 1. The fourth-order valence-corrected chi connectivity index (χ4v) is 3.19. The number of hydrogen-bond donors (Lipinski definition) is 0. The van der Waals surface area contributed by atoms with Crippen LogP contribution in [0.3, 0.4) is 0 Å². The van der Waals surface area contributed by atoms with E-state index in [9.17, 15) is 4.39 Å². The molecule has 1 aromatic carbocycles. The minimum absolute atomic E-state index is 0.173. The molecule has 2 aliphatic heterocycles. The van der Waals surface area contributed by atoms with Gasteiger partial charge in [-0.2, -0.15) is 0 Å². The summed E-state index contributed by atoms with van der Waals surface area (Å²) in [4.78, 5) is 0. The van der Waals surface area contributed by atoms with E-state index in [1.165, 1.54) is 6.07 Å². The maximum Gasteiger partial charge on any atom is 0.140 e. The number of halogens is 1. The van der Waals surface area contributed by atoms with Crippen LogP contribution in [0.15, 0.2) is 18.2 Å². The first kappa shape index (κ1) is 12.0. The fraction of sp³-hybridized carbons (Fsp3) is 0.467. The van der Waals surface area contributed by atoms with Gasteiger partial charge in [0.15, 0.2) is 0 Å². The van der Waals surface area contributed by atoms with Crippen LogP contribution in [-0.2, 0) is 17.6 Å². The molecule has 0 spiro atoms. The van der Waals surface area contributed by atoms with Crippen molar-refractivity contribution in [3.63, 3.8) is 0 Å². The summed E-state index contributed by atoms with van der Waals surface area (Å²) < 4.78 is 20.9. The number of rotatable bonds is 1. The standard InChI is InChI=1S/C15H16FN3O/c16-12-2-3-13-11(9-12)1-4-14-17-18-15(19(13)14)10-5-7-20-8-6-10/h2-3,9-10H,1,4-8H2. The van der Waals surface area contributed by atoms with Crippen molar-refractivity contribution in [2.45, 2.75) is 31.6 Å². The van der Waals surface area contributed by atoms with Crippen molar-refractivity contribution in [3.8, 4) is 5.69 Å². The molecule has 4 rings (SSSR count). The second kappa shape index (κ2) is 4.66. The van der Waals surface area contributed by atoms with Crippen LogP contribution in [0.4, 0.5) is 4.39 Å². The van der Waals surface area contributed by atoms with Crippen LogP contribution in [0, 0.1) is 5.82 Å². The Morgan fingerprint density at radius 1 is 1.15 bits per heavy atom. The second-order valence-corrected chi connectivity index (χ2v) is 5.47. The predicted molar refractivity (Wildman–Crippen MR) is 71.5 cm³/mol. The zero-order chi connectivity index (χ0) is 13.5. The Bertz CT molecular complexity index is 647. The lowest BCUT2D eigenvalue weighted by atomic mass is 9.97. The van der Waals surface area contributed by atoms with E-state index in [0.717, 1.165) is 61.8 Å². The van der Waals surface area contributed by atoms with E-state index in [0.29, 0.717) is 5.92 Å². The molecular formula is C15H16FN3O. The quantitative estimate of drug-likeness (QED) is 0.801. The molecule has 20 heavy (non-hydrogen) atoms. The molecule has 104 valence electrons. The summed E-state index contributed by atoms with van der Waals surface area (Å²) in [5.74, 6) is 2.22. The van der Waals surface area contributed by atoms with Crippen LogP contribution >= 0.6 is 0 Å². The summed E-state index contributed by atoms with van der Waals surface area (Å²) in [6.07, 6.45) is 3.62. The summed E-state index contributed by atoms with van der Waals surface area (Å²) in [5.41, 5.74) is 2.09. The summed E-state index contributed by atoms with van der Waals surface area (Å²) in [5, 5.41) is 8.74. The van der Waals surface area contributed by atoms with Crippen LogP contribution in [0.25, 0.3) is 5.69 Å². The highest BCUT2D eigenvalue weighted by molar-refractivity contribution is 5.46. The Balaban J connectivity index is 1.82. The molecule has 3 heterocycles. The molecule has 0 atom stereocenters. The summed E-state index contributed by atoms with van der Waals surface area (Å²) in [7, 11) is 0. The Morgan fingerprint density at radius 2 is 2.00 bits per heavy atom. The summed E-state index contributed by atoms with van der Waals surface area (Å²) >= 11 is 0. The van der Waals surface area contributed by atoms with E-state index < -0.39 is 0 Å². The lowest BCUT2D eigenvalue weighted by Crippen LogP contribution is -2.20. The number of nitrogens with zero attached hydrogens (tertiary/aromatic N) is 3. The third kappa shape index (κ3) is 1.85. The summed E-state index contributed by atoms with van der Waals surface area (Å²) in [6.45, 7) is 1.56. The van der Waals surface area contributed by atoms with E-state index in [1.807, 2.05) is 6.07 Å². The summed E-state index contributed by atoms with van der Waals surface area (Å²) in [6, 6.07) is 4.99. The maximum atomic E-state index is 13.4. The van der Waals surface area contributed by atoms with Crippen molar-refractivity contribution >= 4 is 0 Å². The monoisotopic (exact) mass is 273 g/mol. The topological polar surface area (TPSA) is 39.9 Å². The van der Waals surface area contributed by atoms with Crippen LogP contribution in [0.2, 0.25) is 0 Å². The van der Waals surface area contributed by atoms with Crippen LogP contribution in [0.5, 0.6) is 0 Å². The predicted octanol–water partition coefficient (Wildman–Crippen LogP) is 2.40. The molecule has 0 N–H and O–H groups in total. The van der Waals surface area contributed by atoms with Gasteiger partial charge < -0.3 is 4.74 Å². The zero-order valence-electron chi connectivity index (χ0n) is 11.2. The molecule has 1 fully saturated rings. The maximum absolute atomic E-state index is 13.4. The van der Waals surface area contributed by atoms with Crippen LogP contribution in [-0.4, -0.2) is 28.0 Å². The molecule has 0 radical (unpaired) electrons. The molecule has 1 aromatic heterocycles. The minimum atomic E-state index is -0.173. The molecule has 4 nitrogen and oxygen atoms in total. The Morgan fingerprint density at radius 3 is 2.85 bits per heavy atom. The highest BCUT2D eigenvalue weighted by Crippen LogP contribution is 2.32. The van der Waals surface area contributed by atoms with Gasteiger partial charge in [0.25, 0.3) is 0 Å². The van der Waals surface area contributed by atoms with Crippen LogP contribution < -0.4 is 0 Å². The first-order valence-corrected chi connectivity index (χ1v) is 7.13. The van der Waals surface area contributed by atoms with Gasteiger partial charge in [-0.3, -0.25) is 4.57 Å². The molecule has 1 saturated heterocycles. The molecule has 0 saturated carbocycles. The van der Waals surface area contributed by atoms with E-state index in [4.69, 9.17) is 4.74 Å². The second-order valence-electron chi connectivity index (χ2n) is 5.47. The number of aromatic nitrogens is 3. The van der Waals surface area contributed by atoms with E-state index in [-0.39, 0.29) is 5.82 Å². The van der Waals surface area contributed by atoms with Gasteiger partial charge in [-0.15, -0.1) is 10.2 Å². The van der Waals surface area contributed by atoms with E-state index >= 15 is 0 Å². The van der Waals surface area contributed by atoms with Gasteiger partial charge in [0.1, 0.15) is 17.5 Å².